The molecule has 0 aromatic carbocycles. The van der Waals surface area contributed by atoms with Crippen LogP contribution in [0.2, 0.25) is 0 Å². The van der Waals surface area contributed by atoms with E-state index in [-0.39, 0.29) is 18.4 Å². The third kappa shape index (κ3) is 6.33. The van der Waals surface area contributed by atoms with Gasteiger partial charge < -0.3 is 10.6 Å². The third-order valence-corrected chi connectivity index (χ3v) is 3.99. The molecule has 94 valence electrons. The first kappa shape index (κ1) is 14.1. The molecule has 2 amide bonds. The Balaban J connectivity index is 2.11. The van der Waals surface area contributed by atoms with Gasteiger partial charge >= 0.3 is 0 Å². The number of carbonyl (C=O) groups is 2. The highest BCUT2D eigenvalue weighted by Gasteiger charge is 2.05. The zero-order chi connectivity index (χ0) is 12.5. The predicted molar refractivity (Wildman–Crippen MR) is 71.4 cm³/mol. The summed E-state index contributed by atoms with van der Waals surface area (Å²) in [6, 6.07) is 3.92. The van der Waals surface area contributed by atoms with Crippen LogP contribution < -0.4 is 10.6 Å². The molecule has 0 aliphatic rings. The lowest BCUT2D eigenvalue weighted by molar-refractivity contribution is -0.124. The molecule has 0 spiro atoms. The maximum absolute atomic E-state index is 11.4. The molecule has 0 radical (unpaired) electrons. The van der Waals surface area contributed by atoms with Crippen molar-refractivity contribution in [2.24, 2.45) is 0 Å². The van der Waals surface area contributed by atoms with Crippen LogP contribution in [0.15, 0.2) is 21.7 Å². The van der Waals surface area contributed by atoms with Crippen molar-refractivity contribution >= 4 is 34.9 Å². The van der Waals surface area contributed by atoms with Crippen LogP contribution >= 0.6 is 23.1 Å². The monoisotopic (exact) mass is 272 g/mol. The van der Waals surface area contributed by atoms with Crippen molar-refractivity contribution in [3.05, 3.63) is 17.5 Å². The molecule has 0 atom stereocenters. The van der Waals surface area contributed by atoms with Gasteiger partial charge in [0.05, 0.1) is 16.5 Å². The highest BCUT2D eigenvalue weighted by molar-refractivity contribution is 8.01. The summed E-state index contributed by atoms with van der Waals surface area (Å²) >= 11 is 3.08. The second-order valence-corrected chi connectivity index (χ2v) is 5.57. The van der Waals surface area contributed by atoms with Gasteiger partial charge in [0.1, 0.15) is 0 Å². The van der Waals surface area contributed by atoms with Gasteiger partial charge in [0.25, 0.3) is 0 Å². The second-order valence-electron chi connectivity index (χ2n) is 3.35. The Hall–Kier alpha value is -1.01. The minimum absolute atomic E-state index is 0.0594. The number of hydrogen-bond donors (Lipinski definition) is 2. The van der Waals surface area contributed by atoms with Gasteiger partial charge in [0.2, 0.25) is 11.8 Å². The lowest BCUT2D eigenvalue weighted by Gasteiger charge is -2.05. The molecular formula is C11H16N2O2S2. The number of amides is 2. The normalized spacial score (nSPS) is 9.94. The first-order valence-corrected chi connectivity index (χ1v) is 7.28. The summed E-state index contributed by atoms with van der Waals surface area (Å²) in [5, 5.41) is 7.26. The number of nitrogens with one attached hydrogen (secondary N) is 2. The zero-order valence-corrected chi connectivity index (χ0v) is 11.3. The van der Waals surface area contributed by atoms with Crippen LogP contribution in [0.25, 0.3) is 0 Å². The van der Waals surface area contributed by atoms with Crippen LogP contribution in [0.4, 0.5) is 0 Å². The summed E-state index contributed by atoms with van der Waals surface area (Å²) in [5.74, 6) is 0.0954. The van der Waals surface area contributed by atoms with E-state index in [4.69, 9.17) is 0 Å². The maximum atomic E-state index is 11.4. The molecule has 1 heterocycles. The van der Waals surface area contributed by atoms with Gasteiger partial charge in [0.15, 0.2) is 0 Å². The standard InChI is InChI=1S/C11H16N2O2S2/c1-2-5-12-9(14)7-13-10(15)8-17-11-4-3-6-16-11/h3-4,6H,2,5,7-8H2,1H3,(H,12,14)(H,13,15). The summed E-state index contributed by atoms with van der Waals surface area (Å²) in [6.07, 6.45) is 0.897. The number of rotatable bonds is 7. The van der Waals surface area contributed by atoms with Crippen LogP contribution in [0.5, 0.6) is 0 Å². The van der Waals surface area contributed by atoms with E-state index < -0.39 is 0 Å². The molecule has 2 N–H and O–H groups in total. The molecule has 0 aliphatic heterocycles. The van der Waals surface area contributed by atoms with Crippen molar-refractivity contribution in [2.75, 3.05) is 18.8 Å². The van der Waals surface area contributed by atoms with E-state index in [0.29, 0.717) is 12.3 Å². The van der Waals surface area contributed by atoms with Crippen LogP contribution in [-0.2, 0) is 9.59 Å². The van der Waals surface area contributed by atoms with E-state index in [1.807, 2.05) is 24.4 Å². The Bertz CT molecular complexity index is 352. The second kappa shape index (κ2) is 8.14. The van der Waals surface area contributed by atoms with Gasteiger partial charge in [-0.05, 0) is 17.9 Å². The molecule has 17 heavy (non-hydrogen) atoms. The average Bonchev–Trinajstić information content (AvgIpc) is 2.84. The molecule has 1 aromatic heterocycles. The molecule has 0 saturated heterocycles. The quantitative estimate of drug-likeness (QED) is 0.739. The molecule has 1 rings (SSSR count). The molecule has 0 fully saturated rings. The fraction of sp³-hybridized carbons (Fsp3) is 0.455. The lowest BCUT2D eigenvalue weighted by Crippen LogP contribution is -2.37. The van der Waals surface area contributed by atoms with Gasteiger partial charge in [0, 0.05) is 6.54 Å². The third-order valence-electron chi connectivity index (χ3n) is 1.86. The lowest BCUT2D eigenvalue weighted by atomic mass is 10.4. The summed E-state index contributed by atoms with van der Waals surface area (Å²) in [4.78, 5) is 22.6. The van der Waals surface area contributed by atoms with Gasteiger partial charge in [-0.3, -0.25) is 9.59 Å². The van der Waals surface area contributed by atoms with Crippen LogP contribution in [-0.4, -0.2) is 30.7 Å². The molecular weight excluding hydrogens is 256 g/mol. The van der Waals surface area contributed by atoms with E-state index in [1.165, 1.54) is 11.8 Å². The Kier molecular flexibility index (Phi) is 6.73. The molecule has 1 aromatic rings. The van der Waals surface area contributed by atoms with Crippen molar-refractivity contribution in [1.29, 1.82) is 0 Å². The molecule has 0 saturated carbocycles. The summed E-state index contributed by atoms with van der Waals surface area (Å²) in [5.41, 5.74) is 0. The molecule has 6 heteroatoms. The number of hydrogen-bond acceptors (Lipinski definition) is 4. The minimum atomic E-state index is -0.138. The number of carbonyl (C=O) groups excluding carboxylic acids is 2. The Morgan fingerprint density at radius 2 is 2.18 bits per heavy atom. The minimum Gasteiger partial charge on any atom is -0.355 e. The van der Waals surface area contributed by atoms with E-state index in [0.717, 1.165) is 10.6 Å². The largest absolute Gasteiger partial charge is 0.355 e. The topological polar surface area (TPSA) is 58.2 Å². The predicted octanol–water partition coefficient (Wildman–Crippen LogP) is 1.48. The first-order valence-electron chi connectivity index (χ1n) is 5.42. The molecule has 0 bridgehead atoms. The first-order chi connectivity index (χ1) is 8.22. The van der Waals surface area contributed by atoms with Gasteiger partial charge in [-0.1, -0.05) is 13.0 Å². The Morgan fingerprint density at radius 1 is 1.35 bits per heavy atom. The number of thioether (sulfide) groups is 1. The zero-order valence-electron chi connectivity index (χ0n) is 9.69. The highest BCUT2D eigenvalue weighted by atomic mass is 32.2. The Morgan fingerprint density at radius 3 is 2.82 bits per heavy atom. The highest BCUT2D eigenvalue weighted by Crippen LogP contribution is 2.22. The van der Waals surface area contributed by atoms with Crippen molar-refractivity contribution in [3.63, 3.8) is 0 Å². The number of thiophene rings is 1. The van der Waals surface area contributed by atoms with E-state index in [1.54, 1.807) is 11.3 Å². The molecule has 0 aliphatic carbocycles. The maximum Gasteiger partial charge on any atom is 0.239 e. The fourth-order valence-electron chi connectivity index (χ4n) is 1.04. The summed E-state index contributed by atoms with van der Waals surface area (Å²) in [6.45, 7) is 2.69. The van der Waals surface area contributed by atoms with E-state index >= 15 is 0 Å². The smallest absolute Gasteiger partial charge is 0.239 e. The fourth-order valence-corrected chi connectivity index (χ4v) is 2.65. The summed E-state index contributed by atoms with van der Waals surface area (Å²) < 4.78 is 1.11. The van der Waals surface area contributed by atoms with Gasteiger partial charge in [-0.25, -0.2) is 0 Å². The Labute approximate surface area is 109 Å². The summed E-state index contributed by atoms with van der Waals surface area (Å²) in [7, 11) is 0. The van der Waals surface area contributed by atoms with Crippen LogP contribution in [0.3, 0.4) is 0 Å². The van der Waals surface area contributed by atoms with Crippen molar-refractivity contribution in [1.82, 2.24) is 10.6 Å². The van der Waals surface area contributed by atoms with Crippen molar-refractivity contribution in [2.45, 2.75) is 17.6 Å². The SMILES string of the molecule is CCCNC(=O)CNC(=O)CSc1cccs1. The van der Waals surface area contributed by atoms with Crippen molar-refractivity contribution < 1.29 is 9.59 Å². The molecule has 4 nitrogen and oxygen atoms in total. The van der Waals surface area contributed by atoms with Gasteiger partial charge in [-0.2, -0.15) is 0 Å². The van der Waals surface area contributed by atoms with E-state index in [2.05, 4.69) is 10.6 Å². The van der Waals surface area contributed by atoms with Crippen molar-refractivity contribution in [3.8, 4) is 0 Å². The van der Waals surface area contributed by atoms with Crippen LogP contribution in [0, 0.1) is 0 Å². The average molecular weight is 272 g/mol. The molecule has 0 unspecified atom stereocenters. The van der Waals surface area contributed by atoms with Gasteiger partial charge in [-0.15, -0.1) is 23.1 Å². The van der Waals surface area contributed by atoms with Crippen LogP contribution in [0.1, 0.15) is 13.3 Å². The van der Waals surface area contributed by atoms with E-state index in [9.17, 15) is 9.59 Å².